The maximum absolute atomic E-state index is 12.4. The Morgan fingerprint density at radius 1 is 1.21 bits per heavy atom. The summed E-state index contributed by atoms with van der Waals surface area (Å²) in [7, 11) is 0. The Labute approximate surface area is 173 Å². The van der Waals surface area contributed by atoms with Crippen LogP contribution in [0, 0.1) is 0 Å². The van der Waals surface area contributed by atoms with E-state index in [4.69, 9.17) is 4.74 Å². The zero-order chi connectivity index (χ0) is 19.2. The summed E-state index contributed by atoms with van der Waals surface area (Å²) in [4.78, 5) is 18.9. The normalized spacial score (nSPS) is 17.0. The fourth-order valence-corrected chi connectivity index (χ4v) is 5.39. The molecule has 1 atom stereocenters. The van der Waals surface area contributed by atoms with Gasteiger partial charge in [0.2, 0.25) is 0 Å². The number of para-hydroxylation sites is 1. The van der Waals surface area contributed by atoms with Crippen molar-refractivity contribution in [3.63, 3.8) is 0 Å². The summed E-state index contributed by atoms with van der Waals surface area (Å²) >= 11 is 3.53. The molecule has 3 aromatic rings. The minimum Gasteiger partial charge on any atom is -0.445 e. The largest absolute Gasteiger partial charge is 0.445 e. The van der Waals surface area contributed by atoms with Crippen LogP contribution < -0.4 is 5.32 Å². The molecule has 7 heteroatoms. The highest BCUT2D eigenvalue weighted by atomic mass is 32.2. The van der Waals surface area contributed by atoms with E-state index in [1.54, 1.807) is 23.1 Å². The van der Waals surface area contributed by atoms with Gasteiger partial charge in [-0.05, 0) is 24.1 Å². The van der Waals surface area contributed by atoms with E-state index < -0.39 is 0 Å². The molecule has 146 valence electrons. The average Bonchev–Trinajstić information content (AvgIpc) is 3.16. The summed E-state index contributed by atoms with van der Waals surface area (Å²) in [5.74, 6) is 0.977. The monoisotopic (exact) mass is 413 g/mol. The Bertz CT molecular complexity index is 883. The molecule has 1 amide bonds. The minimum atomic E-state index is -0.228. The highest BCUT2D eigenvalue weighted by molar-refractivity contribution is 8.01. The Hall–Kier alpha value is -2.09. The summed E-state index contributed by atoms with van der Waals surface area (Å²) in [6.45, 7) is 2.50. The van der Waals surface area contributed by atoms with Crippen molar-refractivity contribution in [3.8, 4) is 0 Å². The Balaban J connectivity index is 1.22. The van der Waals surface area contributed by atoms with Gasteiger partial charge < -0.3 is 15.0 Å². The van der Waals surface area contributed by atoms with Crippen LogP contribution in [-0.2, 0) is 11.3 Å². The zero-order valence-electron chi connectivity index (χ0n) is 15.5. The number of rotatable bonds is 6. The van der Waals surface area contributed by atoms with Gasteiger partial charge in [0.15, 0.2) is 4.34 Å². The third kappa shape index (κ3) is 5.04. The van der Waals surface area contributed by atoms with Gasteiger partial charge in [0.1, 0.15) is 6.61 Å². The molecule has 1 aliphatic heterocycles. The zero-order valence-corrected chi connectivity index (χ0v) is 17.2. The van der Waals surface area contributed by atoms with E-state index in [0.717, 1.165) is 34.1 Å². The highest BCUT2D eigenvalue weighted by Gasteiger charge is 2.24. The molecule has 0 aliphatic carbocycles. The average molecular weight is 414 g/mol. The van der Waals surface area contributed by atoms with Crippen LogP contribution in [0.15, 0.2) is 58.9 Å². The van der Waals surface area contributed by atoms with Gasteiger partial charge in [-0.3, -0.25) is 0 Å². The van der Waals surface area contributed by atoms with Gasteiger partial charge in [0, 0.05) is 31.4 Å². The molecule has 2 aromatic carbocycles. The number of piperazine rings is 1. The fraction of sp³-hybridized carbons (Fsp3) is 0.333. The van der Waals surface area contributed by atoms with Crippen LogP contribution in [0.4, 0.5) is 4.79 Å². The first-order valence-electron chi connectivity index (χ1n) is 9.45. The molecule has 5 nitrogen and oxygen atoms in total. The summed E-state index contributed by atoms with van der Waals surface area (Å²) < 4.78 is 7.81. The van der Waals surface area contributed by atoms with E-state index in [9.17, 15) is 4.79 Å². The van der Waals surface area contributed by atoms with Crippen LogP contribution in [-0.4, -0.2) is 47.4 Å². The summed E-state index contributed by atoms with van der Waals surface area (Å²) in [6.07, 6.45) is 0.762. The second-order valence-electron chi connectivity index (χ2n) is 6.72. The van der Waals surface area contributed by atoms with Crippen molar-refractivity contribution in [1.29, 1.82) is 0 Å². The summed E-state index contributed by atoms with van der Waals surface area (Å²) in [5, 5.41) is 3.51. The summed E-state index contributed by atoms with van der Waals surface area (Å²) in [6, 6.07) is 18.3. The predicted octanol–water partition coefficient (Wildman–Crippen LogP) is 4.39. The number of thiazole rings is 1. The Kier molecular flexibility index (Phi) is 6.46. The lowest BCUT2D eigenvalue weighted by Gasteiger charge is -2.33. The van der Waals surface area contributed by atoms with E-state index in [0.29, 0.717) is 25.7 Å². The molecule has 0 bridgehead atoms. The van der Waals surface area contributed by atoms with Crippen molar-refractivity contribution in [1.82, 2.24) is 15.2 Å². The number of amides is 1. The van der Waals surface area contributed by atoms with Gasteiger partial charge in [-0.25, -0.2) is 9.78 Å². The number of carbonyl (C=O) groups is 1. The second-order valence-corrected chi connectivity index (χ2v) is 9.09. The quantitative estimate of drug-likeness (QED) is 0.608. The molecule has 1 aromatic heterocycles. The number of nitrogens with zero attached hydrogens (tertiary/aromatic N) is 2. The number of hydrogen-bond acceptors (Lipinski definition) is 6. The molecule has 1 N–H and O–H groups in total. The molecule has 4 rings (SSSR count). The fourth-order valence-electron chi connectivity index (χ4n) is 3.20. The molecule has 0 saturated carbocycles. The Morgan fingerprint density at radius 3 is 2.89 bits per heavy atom. The van der Waals surface area contributed by atoms with Crippen LogP contribution in [0.5, 0.6) is 0 Å². The van der Waals surface area contributed by atoms with E-state index in [2.05, 4.69) is 22.4 Å². The first-order valence-corrected chi connectivity index (χ1v) is 11.3. The van der Waals surface area contributed by atoms with Crippen LogP contribution in [0.25, 0.3) is 10.2 Å². The van der Waals surface area contributed by atoms with Crippen molar-refractivity contribution in [2.75, 3.05) is 25.4 Å². The Morgan fingerprint density at radius 2 is 2.04 bits per heavy atom. The van der Waals surface area contributed by atoms with Crippen molar-refractivity contribution < 1.29 is 9.53 Å². The topological polar surface area (TPSA) is 54.5 Å². The number of nitrogens with one attached hydrogen (secondary N) is 1. The predicted molar refractivity (Wildman–Crippen MR) is 115 cm³/mol. The van der Waals surface area contributed by atoms with Crippen LogP contribution in [0.3, 0.4) is 0 Å². The molecule has 2 heterocycles. The van der Waals surface area contributed by atoms with Crippen LogP contribution in [0.2, 0.25) is 0 Å². The molecular formula is C21H23N3O2S2. The minimum absolute atomic E-state index is 0.228. The lowest BCUT2D eigenvalue weighted by molar-refractivity contribution is 0.0847. The maximum atomic E-state index is 12.4. The van der Waals surface area contributed by atoms with E-state index in [1.807, 2.05) is 47.4 Å². The lowest BCUT2D eigenvalue weighted by Crippen LogP contribution is -2.52. The van der Waals surface area contributed by atoms with Gasteiger partial charge >= 0.3 is 6.09 Å². The second kappa shape index (κ2) is 9.41. The van der Waals surface area contributed by atoms with Crippen molar-refractivity contribution in [2.45, 2.75) is 23.4 Å². The SMILES string of the molecule is O=C(OCc1ccccc1)N1CCN[C@H](CCSc2nc3ccccc3s2)C1. The lowest BCUT2D eigenvalue weighted by atomic mass is 10.2. The molecule has 0 radical (unpaired) electrons. The van der Waals surface area contributed by atoms with Gasteiger partial charge in [-0.15, -0.1) is 11.3 Å². The number of aromatic nitrogens is 1. The summed E-state index contributed by atoms with van der Waals surface area (Å²) in [5.41, 5.74) is 2.08. The van der Waals surface area contributed by atoms with Crippen molar-refractivity contribution >= 4 is 39.4 Å². The van der Waals surface area contributed by atoms with Gasteiger partial charge in [0.05, 0.1) is 10.2 Å². The first kappa shape index (κ1) is 19.2. The molecule has 0 spiro atoms. The number of hydrogen-bond donors (Lipinski definition) is 1. The molecule has 1 saturated heterocycles. The van der Waals surface area contributed by atoms with Gasteiger partial charge in [0.25, 0.3) is 0 Å². The number of thioether (sulfide) groups is 1. The van der Waals surface area contributed by atoms with E-state index in [-0.39, 0.29) is 6.09 Å². The van der Waals surface area contributed by atoms with Crippen molar-refractivity contribution in [2.24, 2.45) is 0 Å². The molecule has 28 heavy (non-hydrogen) atoms. The van der Waals surface area contributed by atoms with Gasteiger partial charge in [-0.2, -0.15) is 0 Å². The number of fused-ring (bicyclic) bond motifs is 1. The highest BCUT2D eigenvalue weighted by Crippen LogP contribution is 2.29. The van der Waals surface area contributed by atoms with Gasteiger partial charge in [-0.1, -0.05) is 54.2 Å². The van der Waals surface area contributed by atoms with Crippen molar-refractivity contribution in [3.05, 3.63) is 60.2 Å². The molecular weight excluding hydrogens is 390 g/mol. The smallest absolute Gasteiger partial charge is 0.410 e. The third-order valence-corrected chi connectivity index (χ3v) is 6.90. The van der Waals surface area contributed by atoms with Crippen LogP contribution in [0.1, 0.15) is 12.0 Å². The molecule has 0 unspecified atom stereocenters. The molecule has 1 aliphatic rings. The van der Waals surface area contributed by atoms with E-state index >= 15 is 0 Å². The number of carbonyl (C=O) groups excluding carboxylic acids is 1. The third-order valence-electron chi connectivity index (χ3n) is 4.68. The van der Waals surface area contributed by atoms with E-state index in [1.165, 1.54) is 4.70 Å². The maximum Gasteiger partial charge on any atom is 0.410 e. The number of benzene rings is 2. The molecule has 1 fully saturated rings. The van der Waals surface area contributed by atoms with Crippen LogP contribution >= 0.6 is 23.1 Å². The standard InChI is InChI=1S/C21H23N3O2S2/c25-21(26-15-16-6-2-1-3-7-16)24-12-11-22-17(14-24)10-13-27-20-23-18-8-4-5-9-19(18)28-20/h1-9,17,22H,10-15H2/t17-/m1/s1. The first-order chi connectivity index (χ1) is 13.8. The number of ether oxygens (including phenoxy) is 1.